The minimum absolute atomic E-state index is 0.384. The van der Waals surface area contributed by atoms with Crippen LogP contribution in [0.25, 0.3) is 0 Å². The fraction of sp³-hybridized carbons (Fsp3) is 1.00. The van der Waals surface area contributed by atoms with Crippen LogP contribution in [0.15, 0.2) is 0 Å². The normalized spacial score (nSPS) is 27.5. The van der Waals surface area contributed by atoms with Crippen LogP contribution in [-0.2, 0) is 0 Å². The molecule has 0 spiro atoms. The molecule has 0 aromatic rings. The molecule has 1 aliphatic heterocycles. The quantitative estimate of drug-likeness (QED) is 0.623. The van der Waals surface area contributed by atoms with E-state index in [-0.39, 0.29) is 0 Å². The molecular weight excluding hydrogens is 136 g/mol. The van der Waals surface area contributed by atoms with Crippen LogP contribution in [0.2, 0.25) is 0 Å². The molecule has 2 unspecified atom stereocenters. The topological polar surface area (TPSA) is 29.3 Å². The monoisotopic (exact) mass is 158 g/mol. The number of nitrogens with two attached hydrogens (primary N) is 1. The molecule has 0 bridgehead atoms. The minimum atomic E-state index is 0.384. The summed E-state index contributed by atoms with van der Waals surface area (Å²) < 4.78 is 0. The molecule has 0 aromatic carbocycles. The van der Waals surface area contributed by atoms with Gasteiger partial charge in [-0.1, -0.05) is 13.8 Å². The summed E-state index contributed by atoms with van der Waals surface area (Å²) >= 11 is 0. The van der Waals surface area contributed by atoms with Gasteiger partial charge >= 0.3 is 0 Å². The summed E-state index contributed by atoms with van der Waals surface area (Å²) in [6.07, 6.45) is 1.29. The van der Waals surface area contributed by atoms with Gasteiger partial charge in [-0.2, -0.15) is 0 Å². The first-order valence-electron chi connectivity index (χ1n) is 4.64. The predicted octanol–water partition coefficient (Wildman–Crippen LogP) is 1.31. The van der Waals surface area contributed by atoms with Crippen molar-refractivity contribution in [2.75, 3.05) is 20.1 Å². The molecule has 1 fully saturated rings. The van der Waals surface area contributed by atoms with E-state index in [0.717, 1.165) is 5.92 Å². The molecule has 2 nitrogen and oxygen atoms in total. The first kappa shape index (κ1) is 10.9. The zero-order valence-corrected chi connectivity index (χ0v) is 8.30. The fourth-order valence-corrected chi connectivity index (χ4v) is 1.40. The van der Waals surface area contributed by atoms with Gasteiger partial charge in [0.1, 0.15) is 0 Å². The van der Waals surface area contributed by atoms with Gasteiger partial charge in [-0.3, -0.25) is 0 Å². The summed E-state index contributed by atoms with van der Waals surface area (Å²) in [6, 6.07) is 0.384. The molecule has 1 rings (SSSR count). The van der Waals surface area contributed by atoms with Gasteiger partial charge in [0.05, 0.1) is 0 Å². The first-order chi connectivity index (χ1) is 5.20. The molecule has 11 heavy (non-hydrogen) atoms. The summed E-state index contributed by atoms with van der Waals surface area (Å²) in [5.74, 6) is 0.745. The Hall–Kier alpha value is -0.0800. The SMILES string of the molecule is CC.CC(N)C1CCN(C)C1. The summed E-state index contributed by atoms with van der Waals surface area (Å²) in [7, 11) is 2.16. The lowest BCUT2D eigenvalue weighted by molar-refractivity contribution is 0.377. The van der Waals surface area contributed by atoms with Crippen LogP contribution in [0.5, 0.6) is 0 Å². The predicted molar refractivity (Wildman–Crippen MR) is 50.6 cm³/mol. The van der Waals surface area contributed by atoms with Crippen LogP contribution in [-0.4, -0.2) is 31.1 Å². The smallest absolute Gasteiger partial charge is 0.00514 e. The summed E-state index contributed by atoms with van der Waals surface area (Å²) in [5.41, 5.74) is 5.73. The van der Waals surface area contributed by atoms with E-state index in [2.05, 4.69) is 18.9 Å². The van der Waals surface area contributed by atoms with Crippen molar-refractivity contribution in [3.8, 4) is 0 Å². The van der Waals surface area contributed by atoms with Crippen molar-refractivity contribution in [1.82, 2.24) is 4.90 Å². The maximum atomic E-state index is 5.73. The van der Waals surface area contributed by atoms with Crippen LogP contribution >= 0.6 is 0 Å². The Morgan fingerprint density at radius 2 is 2.00 bits per heavy atom. The van der Waals surface area contributed by atoms with E-state index in [1.54, 1.807) is 0 Å². The van der Waals surface area contributed by atoms with Crippen LogP contribution in [0.1, 0.15) is 27.2 Å². The lowest BCUT2D eigenvalue weighted by atomic mass is 10.0. The van der Waals surface area contributed by atoms with Gasteiger partial charge in [0.2, 0.25) is 0 Å². The number of rotatable bonds is 1. The Labute approximate surface area is 70.8 Å². The second-order valence-electron chi connectivity index (χ2n) is 3.17. The average Bonchev–Trinajstić information content (AvgIpc) is 2.40. The minimum Gasteiger partial charge on any atom is -0.328 e. The van der Waals surface area contributed by atoms with E-state index in [0.29, 0.717) is 6.04 Å². The van der Waals surface area contributed by atoms with Gasteiger partial charge < -0.3 is 10.6 Å². The second-order valence-corrected chi connectivity index (χ2v) is 3.17. The van der Waals surface area contributed by atoms with E-state index >= 15 is 0 Å². The van der Waals surface area contributed by atoms with Gasteiger partial charge in [0, 0.05) is 12.6 Å². The Kier molecular flexibility index (Phi) is 5.51. The van der Waals surface area contributed by atoms with Crippen LogP contribution in [0.3, 0.4) is 0 Å². The third-order valence-corrected chi connectivity index (χ3v) is 2.17. The van der Waals surface area contributed by atoms with Gasteiger partial charge in [-0.25, -0.2) is 0 Å². The van der Waals surface area contributed by atoms with Crippen LogP contribution in [0.4, 0.5) is 0 Å². The maximum Gasteiger partial charge on any atom is 0.00514 e. The van der Waals surface area contributed by atoms with E-state index in [4.69, 9.17) is 5.73 Å². The molecule has 0 amide bonds. The third kappa shape index (κ3) is 3.73. The standard InChI is InChI=1S/C7H16N2.C2H6/c1-6(8)7-3-4-9(2)5-7;1-2/h6-7H,3-5,8H2,1-2H3;1-2H3. The van der Waals surface area contributed by atoms with Crippen molar-refractivity contribution in [3.05, 3.63) is 0 Å². The molecule has 1 saturated heterocycles. The molecule has 0 saturated carbocycles. The highest BCUT2D eigenvalue weighted by Crippen LogP contribution is 2.15. The molecule has 2 heteroatoms. The highest BCUT2D eigenvalue weighted by atomic mass is 15.1. The number of hydrogen-bond donors (Lipinski definition) is 1. The van der Waals surface area contributed by atoms with E-state index in [1.807, 2.05) is 13.8 Å². The molecule has 2 atom stereocenters. The molecule has 0 aliphatic carbocycles. The lowest BCUT2D eigenvalue weighted by Crippen LogP contribution is -2.28. The summed E-state index contributed by atoms with van der Waals surface area (Å²) in [5, 5.41) is 0. The Morgan fingerprint density at radius 1 is 1.45 bits per heavy atom. The highest BCUT2D eigenvalue weighted by molar-refractivity contribution is 4.78. The lowest BCUT2D eigenvalue weighted by Gasteiger charge is -2.13. The molecule has 68 valence electrons. The van der Waals surface area contributed by atoms with Gasteiger partial charge in [-0.05, 0) is 32.9 Å². The van der Waals surface area contributed by atoms with Crippen molar-refractivity contribution >= 4 is 0 Å². The summed E-state index contributed by atoms with van der Waals surface area (Å²) in [4.78, 5) is 2.34. The number of nitrogens with zero attached hydrogens (tertiary/aromatic N) is 1. The van der Waals surface area contributed by atoms with Gasteiger partial charge in [0.25, 0.3) is 0 Å². The molecule has 1 aliphatic rings. The third-order valence-electron chi connectivity index (χ3n) is 2.17. The van der Waals surface area contributed by atoms with Crippen molar-refractivity contribution < 1.29 is 0 Å². The van der Waals surface area contributed by atoms with E-state index in [9.17, 15) is 0 Å². The van der Waals surface area contributed by atoms with E-state index < -0.39 is 0 Å². The zero-order valence-electron chi connectivity index (χ0n) is 8.30. The largest absolute Gasteiger partial charge is 0.328 e. The summed E-state index contributed by atoms with van der Waals surface area (Å²) in [6.45, 7) is 8.52. The van der Waals surface area contributed by atoms with Crippen LogP contribution < -0.4 is 5.73 Å². The van der Waals surface area contributed by atoms with E-state index in [1.165, 1.54) is 19.5 Å². The Morgan fingerprint density at radius 3 is 2.18 bits per heavy atom. The Balaban J connectivity index is 0.000000461. The zero-order chi connectivity index (χ0) is 8.85. The molecule has 0 radical (unpaired) electrons. The second kappa shape index (κ2) is 5.56. The fourth-order valence-electron chi connectivity index (χ4n) is 1.40. The average molecular weight is 158 g/mol. The number of hydrogen-bond acceptors (Lipinski definition) is 2. The number of likely N-dealkylation sites (tertiary alicyclic amines) is 1. The van der Waals surface area contributed by atoms with Crippen molar-refractivity contribution in [2.45, 2.75) is 33.2 Å². The molecule has 1 heterocycles. The molecular formula is C9H22N2. The Bertz CT molecular complexity index is 91.6. The first-order valence-corrected chi connectivity index (χ1v) is 4.64. The van der Waals surface area contributed by atoms with Crippen molar-refractivity contribution in [1.29, 1.82) is 0 Å². The molecule has 0 aromatic heterocycles. The highest BCUT2D eigenvalue weighted by Gasteiger charge is 2.21. The molecule has 2 N–H and O–H groups in total. The van der Waals surface area contributed by atoms with Gasteiger partial charge in [0.15, 0.2) is 0 Å². The maximum absolute atomic E-state index is 5.73. The van der Waals surface area contributed by atoms with Gasteiger partial charge in [-0.15, -0.1) is 0 Å². The van der Waals surface area contributed by atoms with Crippen LogP contribution in [0, 0.1) is 5.92 Å². The van der Waals surface area contributed by atoms with Crippen molar-refractivity contribution in [2.24, 2.45) is 11.7 Å². The van der Waals surface area contributed by atoms with Crippen molar-refractivity contribution in [3.63, 3.8) is 0 Å².